The second kappa shape index (κ2) is 5.59. The Morgan fingerprint density at radius 3 is 2.44 bits per heavy atom. The maximum atomic E-state index is 5.92. The third-order valence-corrected chi connectivity index (χ3v) is 3.95. The number of halogens is 1. The molecule has 3 atom stereocenters. The molecule has 1 aliphatic heterocycles. The summed E-state index contributed by atoms with van der Waals surface area (Å²) in [4.78, 5) is 2.37. The lowest BCUT2D eigenvalue weighted by Crippen LogP contribution is -2.45. The molecule has 2 rings (SSSR count). The highest BCUT2D eigenvalue weighted by atomic mass is 79.9. The maximum Gasteiger partial charge on any atom is 0.0726 e. The van der Waals surface area contributed by atoms with Crippen LogP contribution < -0.4 is 10.6 Å². The zero-order valence-electron chi connectivity index (χ0n) is 11.2. The molecule has 0 bridgehead atoms. The molecule has 0 saturated carbocycles. The maximum absolute atomic E-state index is 5.92. The fourth-order valence-corrected chi connectivity index (χ4v) is 3.20. The molecule has 0 amide bonds. The second-order valence-electron chi connectivity index (χ2n) is 5.16. The molecule has 3 nitrogen and oxygen atoms in total. The van der Waals surface area contributed by atoms with Crippen molar-refractivity contribution in [2.45, 2.75) is 39.0 Å². The fraction of sp³-hybridized carbons (Fsp3) is 0.571. The molecule has 0 radical (unpaired) electrons. The highest BCUT2D eigenvalue weighted by Gasteiger charge is 2.22. The first kappa shape index (κ1) is 13.8. The number of hydrogen-bond donors (Lipinski definition) is 1. The number of morpholine rings is 1. The number of benzene rings is 1. The van der Waals surface area contributed by atoms with E-state index < -0.39 is 0 Å². The summed E-state index contributed by atoms with van der Waals surface area (Å²) in [6.07, 6.45) is 0.557. The highest BCUT2D eigenvalue weighted by Crippen LogP contribution is 2.29. The minimum absolute atomic E-state index is 0.0518. The van der Waals surface area contributed by atoms with Crippen LogP contribution in [0.5, 0.6) is 0 Å². The summed E-state index contributed by atoms with van der Waals surface area (Å²) in [5, 5.41) is 0. The molecular weight excluding hydrogens is 292 g/mol. The van der Waals surface area contributed by atoms with Crippen molar-refractivity contribution >= 4 is 21.6 Å². The van der Waals surface area contributed by atoms with Gasteiger partial charge in [-0.1, -0.05) is 22.0 Å². The molecule has 1 aromatic rings. The van der Waals surface area contributed by atoms with Gasteiger partial charge in [0.25, 0.3) is 0 Å². The van der Waals surface area contributed by atoms with Gasteiger partial charge < -0.3 is 15.4 Å². The Kier molecular flexibility index (Phi) is 4.30. The lowest BCUT2D eigenvalue weighted by molar-refractivity contribution is -0.00522. The van der Waals surface area contributed by atoms with Gasteiger partial charge in [0.1, 0.15) is 0 Å². The molecule has 1 heterocycles. The molecule has 18 heavy (non-hydrogen) atoms. The minimum Gasteiger partial charge on any atom is -0.372 e. The van der Waals surface area contributed by atoms with Gasteiger partial charge >= 0.3 is 0 Å². The smallest absolute Gasteiger partial charge is 0.0726 e. The van der Waals surface area contributed by atoms with Crippen molar-refractivity contribution in [2.24, 2.45) is 5.73 Å². The summed E-state index contributed by atoms with van der Waals surface area (Å²) in [5.41, 5.74) is 8.30. The van der Waals surface area contributed by atoms with Crippen LogP contribution in [0.15, 0.2) is 22.7 Å². The Bertz CT molecular complexity index is 412. The molecule has 1 fully saturated rings. The Hall–Kier alpha value is -0.580. The van der Waals surface area contributed by atoms with E-state index in [1.165, 1.54) is 5.69 Å². The third kappa shape index (κ3) is 3.05. The van der Waals surface area contributed by atoms with Crippen molar-refractivity contribution < 1.29 is 4.74 Å². The average Bonchev–Trinajstić information content (AvgIpc) is 2.26. The molecule has 0 unspecified atom stereocenters. The van der Waals surface area contributed by atoms with Gasteiger partial charge in [0, 0.05) is 29.3 Å². The summed E-state index contributed by atoms with van der Waals surface area (Å²) in [6.45, 7) is 8.11. The fourth-order valence-electron chi connectivity index (χ4n) is 2.47. The van der Waals surface area contributed by atoms with Gasteiger partial charge in [0.2, 0.25) is 0 Å². The zero-order valence-corrected chi connectivity index (χ0v) is 12.8. The first-order valence-electron chi connectivity index (χ1n) is 6.43. The van der Waals surface area contributed by atoms with Gasteiger partial charge in [-0.25, -0.2) is 0 Å². The van der Waals surface area contributed by atoms with E-state index in [4.69, 9.17) is 10.5 Å². The van der Waals surface area contributed by atoms with Crippen LogP contribution in [0.25, 0.3) is 0 Å². The largest absolute Gasteiger partial charge is 0.372 e. The zero-order chi connectivity index (χ0) is 13.3. The minimum atomic E-state index is 0.0518. The first-order valence-corrected chi connectivity index (χ1v) is 7.22. The Morgan fingerprint density at radius 1 is 1.33 bits per heavy atom. The van der Waals surface area contributed by atoms with Gasteiger partial charge in [0.05, 0.1) is 12.2 Å². The molecule has 1 saturated heterocycles. The molecule has 1 aromatic carbocycles. The normalized spacial score (nSPS) is 26.2. The van der Waals surface area contributed by atoms with E-state index in [9.17, 15) is 0 Å². The van der Waals surface area contributed by atoms with Crippen molar-refractivity contribution in [1.82, 2.24) is 0 Å². The van der Waals surface area contributed by atoms with Crippen LogP contribution in [0.4, 0.5) is 5.69 Å². The van der Waals surface area contributed by atoms with Crippen molar-refractivity contribution in [3.05, 3.63) is 28.2 Å². The van der Waals surface area contributed by atoms with E-state index in [1.54, 1.807) is 0 Å². The predicted molar refractivity (Wildman–Crippen MR) is 79.0 cm³/mol. The predicted octanol–water partition coefficient (Wildman–Crippen LogP) is 3.08. The number of hydrogen-bond acceptors (Lipinski definition) is 3. The van der Waals surface area contributed by atoms with E-state index in [0.29, 0.717) is 0 Å². The van der Waals surface area contributed by atoms with Gasteiger partial charge in [-0.15, -0.1) is 0 Å². The standard InChI is InChI=1S/C14H21BrN2O/c1-9-7-17(8-10(2)18-9)12-4-5-13(11(3)16)14(15)6-12/h4-6,9-11H,7-8,16H2,1-3H3/t9-,10+,11-/m0/s1. The summed E-state index contributed by atoms with van der Waals surface area (Å²) < 4.78 is 6.84. The third-order valence-electron chi connectivity index (χ3n) is 3.26. The molecule has 100 valence electrons. The van der Waals surface area contributed by atoms with E-state index in [1.807, 2.05) is 6.92 Å². The topological polar surface area (TPSA) is 38.5 Å². The second-order valence-corrected chi connectivity index (χ2v) is 6.01. The Labute approximate surface area is 117 Å². The van der Waals surface area contributed by atoms with Crippen LogP contribution in [0.1, 0.15) is 32.4 Å². The van der Waals surface area contributed by atoms with Crippen molar-refractivity contribution in [3.8, 4) is 0 Å². The van der Waals surface area contributed by atoms with Gasteiger partial charge in [-0.3, -0.25) is 0 Å². The van der Waals surface area contributed by atoms with Crippen LogP contribution in [-0.4, -0.2) is 25.3 Å². The molecule has 4 heteroatoms. The lowest BCUT2D eigenvalue weighted by atomic mass is 10.1. The van der Waals surface area contributed by atoms with Gasteiger partial charge in [-0.05, 0) is 38.5 Å². The molecule has 2 N–H and O–H groups in total. The van der Waals surface area contributed by atoms with Crippen LogP contribution in [0.2, 0.25) is 0 Å². The van der Waals surface area contributed by atoms with Gasteiger partial charge in [-0.2, -0.15) is 0 Å². The van der Waals surface area contributed by atoms with Crippen molar-refractivity contribution in [2.75, 3.05) is 18.0 Å². The van der Waals surface area contributed by atoms with Crippen LogP contribution in [0.3, 0.4) is 0 Å². The number of anilines is 1. The SMILES string of the molecule is C[C@@H]1CN(c2ccc([C@H](C)N)c(Br)c2)C[C@H](C)O1. The van der Waals surface area contributed by atoms with Crippen molar-refractivity contribution in [3.63, 3.8) is 0 Å². The first-order chi connectivity index (χ1) is 8.47. The number of rotatable bonds is 2. The lowest BCUT2D eigenvalue weighted by Gasteiger charge is -2.37. The molecule has 0 spiro atoms. The van der Waals surface area contributed by atoms with E-state index in [2.05, 4.69) is 52.9 Å². The number of ether oxygens (including phenoxy) is 1. The van der Waals surface area contributed by atoms with E-state index in [0.717, 1.165) is 23.1 Å². The summed E-state index contributed by atoms with van der Waals surface area (Å²) in [5.74, 6) is 0. The molecule has 1 aliphatic rings. The Balaban J connectivity index is 2.21. The monoisotopic (exact) mass is 312 g/mol. The quantitative estimate of drug-likeness (QED) is 0.912. The Morgan fingerprint density at radius 2 is 1.94 bits per heavy atom. The highest BCUT2D eigenvalue weighted by molar-refractivity contribution is 9.10. The van der Waals surface area contributed by atoms with Gasteiger partial charge in [0.15, 0.2) is 0 Å². The average molecular weight is 313 g/mol. The molecule has 0 aliphatic carbocycles. The van der Waals surface area contributed by atoms with E-state index in [-0.39, 0.29) is 18.2 Å². The van der Waals surface area contributed by atoms with Crippen LogP contribution in [-0.2, 0) is 4.74 Å². The number of nitrogens with zero attached hydrogens (tertiary/aromatic N) is 1. The van der Waals surface area contributed by atoms with E-state index >= 15 is 0 Å². The summed E-state index contributed by atoms with van der Waals surface area (Å²) in [7, 11) is 0. The van der Waals surface area contributed by atoms with Crippen molar-refractivity contribution in [1.29, 1.82) is 0 Å². The summed E-state index contributed by atoms with van der Waals surface area (Å²) in [6, 6.07) is 6.46. The number of nitrogens with two attached hydrogens (primary N) is 1. The van der Waals surface area contributed by atoms with Crippen LogP contribution in [0, 0.1) is 0 Å². The molecule has 0 aromatic heterocycles. The molecular formula is C14H21BrN2O. The summed E-state index contributed by atoms with van der Waals surface area (Å²) >= 11 is 3.61. The van der Waals surface area contributed by atoms with Crippen LogP contribution >= 0.6 is 15.9 Å².